The van der Waals surface area contributed by atoms with Gasteiger partial charge in [0.15, 0.2) is 33.2 Å². The quantitative estimate of drug-likeness (QED) is 0.0570. The molecule has 83 heavy (non-hydrogen) atoms. The van der Waals surface area contributed by atoms with E-state index in [2.05, 4.69) is 53.2 Å². The number of ether oxygens (including phenoxy) is 4. The van der Waals surface area contributed by atoms with E-state index >= 15 is 0 Å². The second kappa shape index (κ2) is 32.0. The van der Waals surface area contributed by atoms with Crippen LogP contribution in [-0.4, -0.2) is 111 Å². The van der Waals surface area contributed by atoms with Crippen molar-refractivity contribution in [3.63, 3.8) is 0 Å². The molecule has 448 valence electrons. The van der Waals surface area contributed by atoms with E-state index in [0.29, 0.717) is 35.0 Å². The van der Waals surface area contributed by atoms with E-state index in [-0.39, 0.29) is 59.3 Å². The lowest BCUT2D eigenvalue weighted by Gasteiger charge is -2.20. The molecule has 0 spiro atoms. The van der Waals surface area contributed by atoms with Gasteiger partial charge in [-0.2, -0.15) is 19.8 Å². The number of benzene rings is 1. The summed E-state index contributed by atoms with van der Waals surface area (Å²) in [5.41, 5.74) is 1.10. The highest BCUT2D eigenvalue weighted by atomic mass is 35.5. The fraction of sp³-hybridized carbons (Fsp3) is 0.382. The molecule has 0 bridgehead atoms. The third kappa shape index (κ3) is 18.4. The molecule has 8 heterocycles. The van der Waals surface area contributed by atoms with Gasteiger partial charge in [-0.1, -0.05) is 69.1 Å². The lowest BCUT2D eigenvalue weighted by atomic mass is 10.0. The third-order valence-corrected chi connectivity index (χ3v) is 12.6. The first kappa shape index (κ1) is 70.1. The first-order chi connectivity index (χ1) is 38.2. The number of carboxylic acid groups (broad SMARTS) is 2. The van der Waals surface area contributed by atoms with E-state index in [1.165, 1.54) is 59.1 Å². The van der Waals surface area contributed by atoms with Gasteiger partial charge in [0, 0.05) is 32.5 Å². The highest BCUT2D eigenvalue weighted by Crippen LogP contribution is 2.28. The van der Waals surface area contributed by atoms with E-state index in [1.54, 1.807) is 30.6 Å². The number of carboxylic acids is 2. The van der Waals surface area contributed by atoms with Gasteiger partial charge in [-0.15, -0.1) is 0 Å². The SMILES string of the molecule is CC(=O)O[C@H](C(=O)O)[C@H](OC(=O)c1ccccc1)C(=O)O.CC1CCCO1.CC1CCCO1.Cc1ccnc(C(C)C)c1-n1c(=O)[nH]c(=O)c2cc(F)c(Cl)nc21.Cc1ccnc(C(C)C)c1-n1c(=O)[nH]c(=O)c2cc(F)c(Cl)nc21.P.P. The van der Waals surface area contributed by atoms with E-state index in [0.717, 1.165) is 43.4 Å². The molecule has 0 amide bonds. The summed E-state index contributed by atoms with van der Waals surface area (Å²) in [7, 11) is 0. The van der Waals surface area contributed by atoms with E-state index in [1.807, 2.05) is 41.5 Å². The molecule has 0 radical (unpaired) electrons. The molecule has 9 rings (SSSR count). The molecule has 4 unspecified atom stereocenters. The van der Waals surface area contributed by atoms with Crippen molar-refractivity contribution in [2.75, 3.05) is 13.2 Å². The van der Waals surface area contributed by atoms with Gasteiger partial charge >= 0.3 is 35.3 Å². The Hall–Kier alpha value is -7.20. The number of fused-ring (bicyclic) bond motifs is 2. The number of esters is 2. The van der Waals surface area contributed by atoms with E-state index in [4.69, 9.17) is 42.9 Å². The molecule has 0 aliphatic carbocycles. The number of aromatic nitrogens is 8. The highest BCUT2D eigenvalue weighted by Gasteiger charge is 2.40. The van der Waals surface area contributed by atoms with Crippen molar-refractivity contribution >= 4 is 88.9 Å². The van der Waals surface area contributed by atoms with Crippen molar-refractivity contribution in [2.45, 2.75) is 124 Å². The minimum absolute atomic E-state index is 0. The minimum Gasteiger partial charge on any atom is -0.478 e. The standard InChI is InChI=1S/2C16H14ClFN4O2.C13H12O8.2C5H10O.2H3P/c2*1-7(2)11-12(8(3)4-5-19-11)22-14-9(15(23)21-16(22)24)6-10(18)13(17)20-14;1-7(14)20-9(11(15)16)10(12(17)18)21-13(19)8-5-3-2-4-6-8;2*1-5-3-2-4-6-5;;/h2*4-7H,1-3H3,(H,21,23,24);2-6,9-10H,1H3,(H,15,16)(H,17,18);2*5H,2-4H2,1H3;2*1H3/t;;9-,10-;;;;/m..0..../s1. The number of nitrogens with one attached hydrogen (secondary N) is 2. The number of aryl methyl sites for hydroxylation is 2. The van der Waals surface area contributed by atoms with Gasteiger partial charge in [-0.25, -0.2) is 51.9 Å². The van der Waals surface area contributed by atoms with Gasteiger partial charge < -0.3 is 29.2 Å². The molecule has 28 heteroatoms. The maximum atomic E-state index is 13.7. The van der Waals surface area contributed by atoms with Crippen LogP contribution in [0.2, 0.25) is 10.3 Å². The first-order valence-corrected chi connectivity index (χ1v) is 26.0. The fourth-order valence-corrected chi connectivity index (χ4v) is 8.37. The van der Waals surface area contributed by atoms with Crippen molar-refractivity contribution < 1.29 is 57.1 Å². The summed E-state index contributed by atoms with van der Waals surface area (Å²) in [5, 5.41) is 16.9. The molecule has 2 aliphatic heterocycles. The molecule has 0 saturated carbocycles. The van der Waals surface area contributed by atoms with Gasteiger partial charge in [0.2, 0.25) is 12.2 Å². The number of H-pyrrole nitrogens is 2. The zero-order valence-corrected chi connectivity index (χ0v) is 51.3. The van der Waals surface area contributed by atoms with Crippen molar-refractivity contribution in [2.24, 2.45) is 0 Å². The molecule has 4 N–H and O–H groups in total. The van der Waals surface area contributed by atoms with Gasteiger partial charge in [0.1, 0.15) is 0 Å². The molecular formula is C55H66Cl2F2N8O14P2. The van der Waals surface area contributed by atoms with Crippen LogP contribution in [0.4, 0.5) is 8.78 Å². The Morgan fingerprint density at radius 2 is 1.05 bits per heavy atom. The number of halogens is 4. The van der Waals surface area contributed by atoms with Gasteiger partial charge in [-0.3, -0.25) is 34.3 Å². The number of rotatable bonds is 10. The van der Waals surface area contributed by atoms with Crippen molar-refractivity contribution in [1.82, 2.24) is 39.0 Å². The van der Waals surface area contributed by atoms with Crippen LogP contribution in [0.15, 0.2) is 86.2 Å². The van der Waals surface area contributed by atoms with Crippen LogP contribution in [0.25, 0.3) is 33.4 Å². The molecular weight excluding hydrogens is 1170 g/mol. The summed E-state index contributed by atoms with van der Waals surface area (Å²) in [6, 6.07) is 12.8. The maximum Gasteiger partial charge on any atom is 0.349 e. The highest BCUT2D eigenvalue weighted by molar-refractivity contribution is 6.92. The smallest absolute Gasteiger partial charge is 0.349 e. The molecule has 6 atom stereocenters. The molecule has 2 aliphatic rings. The van der Waals surface area contributed by atoms with Crippen molar-refractivity contribution in [3.05, 3.63) is 159 Å². The third-order valence-electron chi connectivity index (χ3n) is 12.0. The van der Waals surface area contributed by atoms with Crippen LogP contribution in [0.1, 0.15) is 119 Å². The zero-order valence-electron chi connectivity index (χ0n) is 47.0. The predicted molar refractivity (Wildman–Crippen MR) is 317 cm³/mol. The van der Waals surface area contributed by atoms with Crippen molar-refractivity contribution in [3.8, 4) is 11.4 Å². The van der Waals surface area contributed by atoms with Crippen molar-refractivity contribution in [1.29, 1.82) is 0 Å². The Balaban J connectivity index is 0.000000292. The van der Waals surface area contributed by atoms with E-state index < -0.39 is 80.5 Å². The zero-order chi connectivity index (χ0) is 60.0. The minimum atomic E-state index is -2.15. The number of aromatic amines is 2. The number of carbonyl (C=O) groups excluding carboxylic acids is 2. The fourth-order valence-electron chi connectivity index (χ4n) is 8.10. The first-order valence-electron chi connectivity index (χ1n) is 25.3. The van der Waals surface area contributed by atoms with Crippen LogP contribution in [0.5, 0.6) is 0 Å². The molecule has 2 saturated heterocycles. The maximum absolute atomic E-state index is 13.7. The van der Waals surface area contributed by atoms with Crippen LogP contribution in [-0.2, 0) is 33.3 Å². The average molecular weight is 1230 g/mol. The second-order valence-corrected chi connectivity index (χ2v) is 19.7. The lowest BCUT2D eigenvalue weighted by molar-refractivity contribution is -0.177. The Labute approximate surface area is 490 Å². The van der Waals surface area contributed by atoms with E-state index in [9.17, 15) is 47.1 Å². The largest absolute Gasteiger partial charge is 0.478 e. The van der Waals surface area contributed by atoms with Gasteiger partial charge in [0.25, 0.3) is 11.1 Å². The summed E-state index contributed by atoms with van der Waals surface area (Å²) >= 11 is 11.5. The monoisotopic (exact) mass is 1230 g/mol. The average Bonchev–Trinajstić information content (AvgIpc) is 4.12. The normalized spacial score (nSPS) is 14.8. The Morgan fingerprint density at radius 1 is 0.663 bits per heavy atom. The van der Waals surface area contributed by atoms with Crippen LogP contribution >= 0.6 is 43.0 Å². The van der Waals surface area contributed by atoms with Gasteiger partial charge in [0.05, 0.1) is 51.3 Å². The van der Waals surface area contributed by atoms with Crippen LogP contribution in [0, 0.1) is 25.5 Å². The number of nitrogens with zero attached hydrogens (tertiary/aromatic N) is 6. The number of hydrogen-bond acceptors (Lipinski definition) is 16. The number of aliphatic carboxylic acids is 2. The second-order valence-electron chi connectivity index (χ2n) is 19.0. The predicted octanol–water partition coefficient (Wildman–Crippen LogP) is 8.19. The number of pyridine rings is 4. The lowest BCUT2D eigenvalue weighted by Crippen LogP contribution is -2.45. The number of carbonyl (C=O) groups is 4. The molecule has 7 aromatic rings. The Morgan fingerprint density at radius 3 is 1.36 bits per heavy atom. The Kier molecular flexibility index (Phi) is 27.0. The molecule has 1 aromatic carbocycles. The summed E-state index contributed by atoms with van der Waals surface area (Å²) in [6.07, 6.45) is 5.16. The summed E-state index contributed by atoms with van der Waals surface area (Å²) in [5.74, 6) is -7.15. The van der Waals surface area contributed by atoms with Gasteiger partial charge in [-0.05, 0) is 113 Å². The topological polar surface area (TPSA) is 307 Å². The summed E-state index contributed by atoms with van der Waals surface area (Å²) in [4.78, 5) is 115. The number of hydrogen-bond donors (Lipinski definition) is 4. The molecule has 6 aromatic heterocycles. The van der Waals surface area contributed by atoms with Crippen LogP contribution < -0.4 is 22.5 Å². The Bertz CT molecular complexity index is 3480. The molecule has 22 nitrogen and oxygen atoms in total. The van der Waals surface area contributed by atoms with Crippen LogP contribution in [0.3, 0.4) is 0 Å². The molecule has 2 fully saturated rings. The summed E-state index contributed by atoms with van der Waals surface area (Å²) in [6.45, 7) is 18.5. The summed E-state index contributed by atoms with van der Waals surface area (Å²) < 4.78 is 49.2.